The van der Waals surface area contributed by atoms with E-state index in [9.17, 15) is 5.11 Å². The zero-order valence-corrected chi connectivity index (χ0v) is 15.3. The van der Waals surface area contributed by atoms with E-state index in [0.29, 0.717) is 17.8 Å². The van der Waals surface area contributed by atoms with Crippen LogP contribution in [-0.4, -0.2) is 33.6 Å². The Morgan fingerprint density at radius 1 is 1.00 bits per heavy atom. The molecule has 0 aromatic heterocycles. The average molecular weight is 320 g/mol. The van der Waals surface area contributed by atoms with Gasteiger partial charge in [0.05, 0.1) is 17.3 Å². The number of hydrogen-bond donors (Lipinski definition) is 1. The summed E-state index contributed by atoms with van der Waals surface area (Å²) in [5.41, 5.74) is -0.568. The van der Waals surface area contributed by atoms with Crippen LogP contribution in [0.15, 0.2) is 0 Å². The van der Waals surface area contributed by atoms with E-state index >= 15 is 0 Å². The molecule has 0 aromatic rings. The molecule has 0 radical (unpaired) electrons. The lowest BCUT2D eigenvalue weighted by molar-refractivity contribution is -0.360. The van der Waals surface area contributed by atoms with E-state index in [1.165, 1.54) is 0 Å². The Bertz CT molecular complexity index is 575. The van der Waals surface area contributed by atoms with Crippen molar-refractivity contribution < 1.29 is 14.6 Å². The fourth-order valence-corrected chi connectivity index (χ4v) is 7.64. The molecule has 3 heteroatoms. The van der Waals surface area contributed by atoms with Crippen LogP contribution < -0.4 is 0 Å². The molecule has 3 aliphatic heterocycles. The summed E-state index contributed by atoms with van der Waals surface area (Å²) in [6.07, 6.45) is 6.80. The maximum Gasteiger partial charge on any atom is 0.121 e. The number of fused-ring (bicyclic) bond motifs is 3. The highest BCUT2D eigenvalue weighted by Gasteiger charge is 2.83. The Morgan fingerprint density at radius 3 is 2.43 bits per heavy atom. The minimum Gasteiger partial charge on any atom is -0.389 e. The third kappa shape index (κ3) is 1.39. The normalized spacial score (nSPS) is 66.1. The van der Waals surface area contributed by atoms with Crippen LogP contribution in [0.2, 0.25) is 0 Å². The van der Waals surface area contributed by atoms with E-state index in [-0.39, 0.29) is 28.3 Å². The van der Waals surface area contributed by atoms with Gasteiger partial charge in [-0.05, 0) is 69.6 Å². The second-order valence-electron chi connectivity index (χ2n) is 10.4. The molecule has 5 aliphatic rings. The van der Waals surface area contributed by atoms with Gasteiger partial charge in [0.15, 0.2) is 0 Å². The van der Waals surface area contributed by atoms with Crippen LogP contribution in [0.5, 0.6) is 0 Å². The monoisotopic (exact) mass is 320 g/mol. The molecule has 2 bridgehead atoms. The van der Waals surface area contributed by atoms with Crippen LogP contribution in [0.4, 0.5) is 0 Å². The molecule has 3 nitrogen and oxygen atoms in total. The first-order valence-electron chi connectivity index (χ1n) is 9.70. The van der Waals surface area contributed by atoms with Gasteiger partial charge in [0.25, 0.3) is 0 Å². The SMILES string of the molecule is CC(C)[C@]1(O)CC[C@]2(C)C[C@@H]3[C@]4(C)CC[C@@H]5O[C@@]3(C[C@H]21)C5(C)O4. The van der Waals surface area contributed by atoms with E-state index in [1.807, 2.05) is 0 Å². The lowest BCUT2D eigenvalue weighted by Gasteiger charge is -2.64. The lowest BCUT2D eigenvalue weighted by atomic mass is 9.51. The third-order valence-electron chi connectivity index (χ3n) is 9.17. The van der Waals surface area contributed by atoms with E-state index in [0.717, 1.165) is 38.5 Å². The van der Waals surface area contributed by atoms with Crippen LogP contribution in [0, 0.1) is 23.2 Å². The summed E-state index contributed by atoms with van der Waals surface area (Å²) < 4.78 is 13.3. The number of aliphatic hydroxyl groups is 1. The van der Waals surface area contributed by atoms with Crippen LogP contribution >= 0.6 is 0 Å². The fraction of sp³-hybridized carbons (Fsp3) is 1.00. The van der Waals surface area contributed by atoms with Crippen molar-refractivity contribution in [2.75, 3.05) is 0 Å². The molecule has 5 fully saturated rings. The van der Waals surface area contributed by atoms with Crippen molar-refractivity contribution in [3.05, 3.63) is 0 Å². The highest BCUT2D eigenvalue weighted by atomic mass is 16.7. The number of ether oxygens (including phenoxy) is 2. The first-order valence-corrected chi connectivity index (χ1v) is 9.70. The number of rotatable bonds is 1. The molecule has 2 aliphatic carbocycles. The predicted octanol–water partition coefficient (Wildman–Crippen LogP) is 3.68. The maximum atomic E-state index is 11.5. The molecule has 1 N–H and O–H groups in total. The summed E-state index contributed by atoms with van der Waals surface area (Å²) >= 11 is 0. The first kappa shape index (κ1) is 15.2. The Morgan fingerprint density at radius 2 is 1.74 bits per heavy atom. The second kappa shape index (κ2) is 3.83. The molecule has 1 unspecified atom stereocenters. The standard InChI is InChI=1S/C20H32O3/c1-12(2)19(21)9-8-16(3)10-14-17(4)7-6-15-18(5,23-17)20(14,22-15)11-13(16)19/h12-15,21H,6-11H2,1-5H3/t13-,14-,15+,16-,17+,18?,19-,20-/m1/s1. The quantitative estimate of drug-likeness (QED) is 0.801. The highest BCUT2D eigenvalue weighted by Crippen LogP contribution is 2.75. The van der Waals surface area contributed by atoms with Gasteiger partial charge in [0.2, 0.25) is 0 Å². The van der Waals surface area contributed by atoms with Gasteiger partial charge in [0, 0.05) is 5.92 Å². The summed E-state index contributed by atoms with van der Waals surface area (Å²) in [7, 11) is 0. The summed E-state index contributed by atoms with van der Waals surface area (Å²) in [5.74, 6) is 1.15. The van der Waals surface area contributed by atoms with Gasteiger partial charge in [-0.1, -0.05) is 20.8 Å². The molecule has 8 atom stereocenters. The van der Waals surface area contributed by atoms with Crippen molar-refractivity contribution in [2.24, 2.45) is 23.2 Å². The molecule has 0 amide bonds. The molecule has 3 heterocycles. The van der Waals surface area contributed by atoms with Crippen molar-refractivity contribution in [1.29, 1.82) is 0 Å². The lowest BCUT2D eigenvalue weighted by Crippen LogP contribution is -2.75. The average Bonchev–Trinajstić information content (AvgIpc) is 2.71. The molecule has 0 aromatic carbocycles. The van der Waals surface area contributed by atoms with Crippen molar-refractivity contribution in [1.82, 2.24) is 0 Å². The summed E-state index contributed by atoms with van der Waals surface area (Å²) in [4.78, 5) is 0. The summed E-state index contributed by atoms with van der Waals surface area (Å²) in [6.45, 7) is 11.4. The molecule has 130 valence electrons. The first-order chi connectivity index (χ1) is 10.6. The zero-order chi connectivity index (χ0) is 16.5. The molecule has 3 saturated heterocycles. The molecule has 2 saturated carbocycles. The van der Waals surface area contributed by atoms with Gasteiger partial charge in [-0.25, -0.2) is 0 Å². The Kier molecular flexibility index (Phi) is 2.53. The Labute approximate surface area is 140 Å². The van der Waals surface area contributed by atoms with Crippen molar-refractivity contribution in [2.45, 2.75) is 102 Å². The van der Waals surface area contributed by atoms with Crippen LogP contribution in [-0.2, 0) is 9.47 Å². The minimum atomic E-state index is -0.531. The van der Waals surface area contributed by atoms with Gasteiger partial charge in [-0.15, -0.1) is 0 Å². The Hall–Kier alpha value is -0.120. The predicted molar refractivity (Wildman–Crippen MR) is 88.1 cm³/mol. The highest BCUT2D eigenvalue weighted by molar-refractivity contribution is 5.31. The Balaban J connectivity index is 1.61. The van der Waals surface area contributed by atoms with Gasteiger partial charge >= 0.3 is 0 Å². The second-order valence-corrected chi connectivity index (χ2v) is 10.4. The molecular weight excluding hydrogens is 288 g/mol. The van der Waals surface area contributed by atoms with Crippen LogP contribution in [0.25, 0.3) is 0 Å². The van der Waals surface area contributed by atoms with Gasteiger partial charge in [-0.3, -0.25) is 0 Å². The van der Waals surface area contributed by atoms with Crippen LogP contribution in [0.3, 0.4) is 0 Å². The zero-order valence-electron chi connectivity index (χ0n) is 15.3. The third-order valence-corrected chi connectivity index (χ3v) is 9.17. The summed E-state index contributed by atoms with van der Waals surface area (Å²) in [5, 5.41) is 11.5. The van der Waals surface area contributed by atoms with Gasteiger partial charge in [-0.2, -0.15) is 0 Å². The van der Waals surface area contributed by atoms with E-state index < -0.39 is 5.60 Å². The van der Waals surface area contributed by atoms with Gasteiger partial charge in [0.1, 0.15) is 11.2 Å². The van der Waals surface area contributed by atoms with E-state index in [2.05, 4.69) is 34.6 Å². The maximum absolute atomic E-state index is 11.5. The molecule has 5 rings (SSSR count). The fourth-order valence-electron chi connectivity index (χ4n) is 7.64. The minimum absolute atomic E-state index is 0.0196. The van der Waals surface area contributed by atoms with Crippen molar-refractivity contribution in [3.63, 3.8) is 0 Å². The van der Waals surface area contributed by atoms with Crippen molar-refractivity contribution >= 4 is 0 Å². The van der Waals surface area contributed by atoms with E-state index in [1.54, 1.807) is 0 Å². The molecule has 1 spiro atoms. The van der Waals surface area contributed by atoms with E-state index in [4.69, 9.17) is 9.47 Å². The number of hydrogen-bond acceptors (Lipinski definition) is 3. The van der Waals surface area contributed by atoms with Crippen LogP contribution in [0.1, 0.15) is 73.1 Å². The largest absolute Gasteiger partial charge is 0.389 e. The smallest absolute Gasteiger partial charge is 0.121 e. The van der Waals surface area contributed by atoms with Crippen molar-refractivity contribution in [3.8, 4) is 0 Å². The topological polar surface area (TPSA) is 38.7 Å². The summed E-state index contributed by atoms with van der Waals surface area (Å²) in [6, 6.07) is 0. The molecule has 23 heavy (non-hydrogen) atoms. The van der Waals surface area contributed by atoms with Gasteiger partial charge < -0.3 is 14.6 Å². The molecular formula is C20H32O3.